The van der Waals surface area contributed by atoms with Crippen molar-refractivity contribution in [1.82, 2.24) is 0 Å². The summed E-state index contributed by atoms with van der Waals surface area (Å²) in [5.41, 5.74) is 2.67. The number of carboxylic acids is 1. The fourth-order valence-corrected chi connectivity index (χ4v) is 1.75. The molecule has 2 N–H and O–H groups in total. The second-order valence-electron chi connectivity index (χ2n) is 4.50. The molecule has 0 aliphatic rings. The minimum atomic E-state index is -0.964. The second-order valence-corrected chi connectivity index (χ2v) is 4.50. The SMILES string of the molecule is O=C(O)C=Cc1ccc(COc2ccc(CO)cc2)cc1. The third-order valence-electron chi connectivity index (χ3n) is 2.91. The number of ether oxygens (including phenoxy) is 1. The largest absolute Gasteiger partial charge is 0.489 e. The molecule has 0 aliphatic heterocycles. The van der Waals surface area contributed by atoms with Gasteiger partial charge >= 0.3 is 5.97 Å². The van der Waals surface area contributed by atoms with Crippen molar-refractivity contribution in [3.63, 3.8) is 0 Å². The molecule has 2 aromatic carbocycles. The molecular weight excluding hydrogens is 268 g/mol. The van der Waals surface area contributed by atoms with E-state index in [0.717, 1.165) is 28.5 Å². The third-order valence-corrected chi connectivity index (χ3v) is 2.91. The third kappa shape index (κ3) is 4.78. The first-order valence-electron chi connectivity index (χ1n) is 6.50. The van der Waals surface area contributed by atoms with Gasteiger partial charge in [-0.1, -0.05) is 36.4 Å². The van der Waals surface area contributed by atoms with Gasteiger partial charge in [0, 0.05) is 6.08 Å². The van der Waals surface area contributed by atoms with Crippen LogP contribution in [-0.4, -0.2) is 16.2 Å². The molecule has 0 atom stereocenters. The van der Waals surface area contributed by atoms with Gasteiger partial charge in [0.2, 0.25) is 0 Å². The van der Waals surface area contributed by atoms with Crippen LogP contribution in [0, 0.1) is 0 Å². The van der Waals surface area contributed by atoms with E-state index in [1.54, 1.807) is 6.08 Å². The van der Waals surface area contributed by atoms with Crippen LogP contribution in [0.1, 0.15) is 16.7 Å². The average Bonchev–Trinajstić information content (AvgIpc) is 2.52. The maximum absolute atomic E-state index is 10.4. The van der Waals surface area contributed by atoms with E-state index in [1.165, 1.54) is 0 Å². The molecule has 4 heteroatoms. The van der Waals surface area contributed by atoms with Crippen molar-refractivity contribution in [3.8, 4) is 5.75 Å². The fraction of sp³-hybridized carbons (Fsp3) is 0.118. The van der Waals surface area contributed by atoms with E-state index in [0.29, 0.717) is 6.61 Å². The number of benzene rings is 2. The predicted molar refractivity (Wildman–Crippen MR) is 79.8 cm³/mol. The predicted octanol–water partition coefficient (Wildman–Crippen LogP) is 2.86. The van der Waals surface area contributed by atoms with Crippen molar-refractivity contribution in [2.75, 3.05) is 0 Å². The van der Waals surface area contributed by atoms with Gasteiger partial charge in [0.15, 0.2) is 0 Å². The van der Waals surface area contributed by atoms with Gasteiger partial charge in [-0.25, -0.2) is 4.79 Å². The van der Waals surface area contributed by atoms with Crippen molar-refractivity contribution >= 4 is 12.0 Å². The lowest BCUT2D eigenvalue weighted by atomic mass is 10.1. The standard InChI is InChI=1S/C17H16O4/c18-11-14-5-8-16(9-6-14)21-12-15-3-1-13(2-4-15)7-10-17(19)20/h1-10,18H,11-12H2,(H,19,20). The van der Waals surface area contributed by atoms with Gasteiger partial charge in [-0.3, -0.25) is 0 Å². The lowest BCUT2D eigenvalue weighted by molar-refractivity contribution is -0.131. The zero-order valence-electron chi connectivity index (χ0n) is 11.4. The number of hydrogen-bond donors (Lipinski definition) is 2. The Bertz CT molecular complexity index is 612. The van der Waals surface area contributed by atoms with Crippen LogP contribution in [0.2, 0.25) is 0 Å². The Morgan fingerprint density at radius 2 is 1.62 bits per heavy atom. The summed E-state index contributed by atoms with van der Waals surface area (Å²) >= 11 is 0. The summed E-state index contributed by atoms with van der Waals surface area (Å²) in [5, 5.41) is 17.5. The highest BCUT2D eigenvalue weighted by atomic mass is 16.5. The molecule has 0 bridgehead atoms. The second kappa shape index (κ2) is 7.26. The Morgan fingerprint density at radius 1 is 1.00 bits per heavy atom. The summed E-state index contributed by atoms with van der Waals surface area (Å²) in [6.07, 6.45) is 2.65. The van der Waals surface area contributed by atoms with Crippen LogP contribution in [0.4, 0.5) is 0 Å². The molecule has 0 heterocycles. The average molecular weight is 284 g/mol. The molecule has 108 valence electrons. The quantitative estimate of drug-likeness (QED) is 0.800. The first-order valence-corrected chi connectivity index (χ1v) is 6.50. The molecule has 0 radical (unpaired) electrons. The maximum atomic E-state index is 10.4. The van der Waals surface area contributed by atoms with Gasteiger partial charge < -0.3 is 14.9 Å². The van der Waals surface area contributed by atoms with Gasteiger partial charge in [-0.2, -0.15) is 0 Å². The van der Waals surface area contributed by atoms with Crippen molar-refractivity contribution < 1.29 is 19.7 Å². The first kappa shape index (κ1) is 14.8. The molecule has 0 saturated heterocycles. The zero-order chi connectivity index (χ0) is 15.1. The normalized spacial score (nSPS) is 10.7. The Hall–Kier alpha value is -2.59. The molecule has 0 aromatic heterocycles. The van der Waals surface area contributed by atoms with E-state index in [9.17, 15) is 4.79 Å². The number of carboxylic acid groups (broad SMARTS) is 1. The van der Waals surface area contributed by atoms with E-state index < -0.39 is 5.97 Å². The van der Waals surface area contributed by atoms with Gasteiger partial charge in [0.25, 0.3) is 0 Å². The molecule has 21 heavy (non-hydrogen) atoms. The lowest BCUT2D eigenvalue weighted by Gasteiger charge is -2.07. The monoisotopic (exact) mass is 284 g/mol. The van der Waals surface area contributed by atoms with Crippen molar-refractivity contribution in [3.05, 3.63) is 71.3 Å². The maximum Gasteiger partial charge on any atom is 0.328 e. The van der Waals surface area contributed by atoms with Crippen molar-refractivity contribution in [2.24, 2.45) is 0 Å². The van der Waals surface area contributed by atoms with Crippen LogP contribution in [-0.2, 0) is 18.0 Å². The van der Waals surface area contributed by atoms with Crippen LogP contribution in [0.25, 0.3) is 6.08 Å². The molecule has 0 unspecified atom stereocenters. The van der Waals surface area contributed by atoms with Crippen molar-refractivity contribution in [2.45, 2.75) is 13.2 Å². The number of carbonyl (C=O) groups is 1. The molecule has 0 amide bonds. The van der Waals surface area contributed by atoms with E-state index in [2.05, 4.69) is 0 Å². The van der Waals surface area contributed by atoms with E-state index >= 15 is 0 Å². The summed E-state index contributed by atoms with van der Waals surface area (Å²) in [6.45, 7) is 0.451. The molecule has 2 aromatic rings. The minimum Gasteiger partial charge on any atom is -0.489 e. The van der Waals surface area contributed by atoms with Crippen molar-refractivity contribution in [1.29, 1.82) is 0 Å². The number of aliphatic carboxylic acids is 1. The van der Waals surface area contributed by atoms with Gasteiger partial charge in [0.05, 0.1) is 6.61 Å². The minimum absolute atomic E-state index is 0.0194. The topological polar surface area (TPSA) is 66.8 Å². The smallest absolute Gasteiger partial charge is 0.328 e. The molecule has 0 spiro atoms. The fourth-order valence-electron chi connectivity index (χ4n) is 1.75. The van der Waals surface area contributed by atoms with Crippen LogP contribution in [0.15, 0.2) is 54.6 Å². The van der Waals surface area contributed by atoms with E-state index in [-0.39, 0.29) is 6.61 Å². The number of aliphatic hydroxyl groups is 1. The number of rotatable bonds is 6. The Morgan fingerprint density at radius 3 is 2.19 bits per heavy atom. The van der Waals surface area contributed by atoms with Crippen LogP contribution < -0.4 is 4.74 Å². The number of aliphatic hydroxyl groups excluding tert-OH is 1. The van der Waals surface area contributed by atoms with Crippen LogP contribution in [0.3, 0.4) is 0 Å². The van der Waals surface area contributed by atoms with Gasteiger partial charge in [-0.15, -0.1) is 0 Å². The van der Waals surface area contributed by atoms with Crippen LogP contribution in [0.5, 0.6) is 5.75 Å². The summed E-state index contributed by atoms with van der Waals surface area (Å²) < 4.78 is 5.64. The molecule has 4 nitrogen and oxygen atoms in total. The highest BCUT2D eigenvalue weighted by molar-refractivity contribution is 5.85. The van der Waals surface area contributed by atoms with Gasteiger partial charge in [-0.05, 0) is 34.9 Å². The molecule has 2 rings (SSSR count). The first-order chi connectivity index (χ1) is 10.2. The summed E-state index contributed by atoms with van der Waals surface area (Å²) in [5.74, 6) is -0.226. The lowest BCUT2D eigenvalue weighted by Crippen LogP contribution is -1.95. The molecular formula is C17H16O4. The Kier molecular flexibility index (Phi) is 5.12. The highest BCUT2D eigenvalue weighted by Crippen LogP contribution is 2.15. The Labute approximate surface area is 122 Å². The van der Waals surface area contributed by atoms with E-state index in [4.69, 9.17) is 14.9 Å². The van der Waals surface area contributed by atoms with Crippen LogP contribution >= 0.6 is 0 Å². The highest BCUT2D eigenvalue weighted by Gasteiger charge is 1.97. The molecule has 0 saturated carbocycles. The zero-order valence-corrected chi connectivity index (χ0v) is 11.4. The van der Waals surface area contributed by atoms with Gasteiger partial charge in [0.1, 0.15) is 12.4 Å². The summed E-state index contributed by atoms with van der Waals surface area (Å²) in [6, 6.07) is 14.7. The number of hydrogen-bond acceptors (Lipinski definition) is 3. The molecule has 0 aliphatic carbocycles. The molecule has 0 fully saturated rings. The summed E-state index contributed by atoms with van der Waals surface area (Å²) in [4.78, 5) is 10.4. The van der Waals surface area contributed by atoms with E-state index in [1.807, 2.05) is 48.5 Å². The Balaban J connectivity index is 1.92. The summed E-state index contributed by atoms with van der Waals surface area (Å²) in [7, 11) is 0.